The van der Waals surface area contributed by atoms with Gasteiger partial charge in [0.15, 0.2) is 0 Å². The molecule has 0 saturated heterocycles. The van der Waals surface area contributed by atoms with Crippen LogP contribution in [0.5, 0.6) is 0 Å². The van der Waals surface area contributed by atoms with Crippen molar-refractivity contribution in [1.29, 1.82) is 0 Å². The van der Waals surface area contributed by atoms with Crippen LogP contribution in [-0.2, 0) is 17.6 Å². The van der Waals surface area contributed by atoms with Crippen molar-refractivity contribution < 1.29 is 4.79 Å². The standard InChI is InChI=1S/C14H11ClO/c15-14-3-1-2-10-6-11-7-12(16)5-4-9(11)8-13(10)14/h1-3,6,8H,4-5,7H2. The number of hydrogen-bond donors (Lipinski definition) is 0. The zero-order valence-corrected chi connectivity index (χ0v) is 9.55. The molecule has 0 aliphatic heterocycles. The Labute approximate surface area is 99.0 Å². The van der Waals surface area contributed by atoms with Gasteiger partial charge in [0.05, 0.1) is 0 Å². The molecule has 0 amide bonds. The molecule has 0 saturated carbocycles. The summed E-state index contributed by atoms with van der Waals surface area (Å²) in [5.74, 6) is 0.342. The van der Waals surface area contributed by atoms with Crippen LogP contribution in [-0.4, -0.2) is 5.78 Å². The molecule has 0 aromatic heterocycles. The molecule has 0 heterocycles. The highest BCUT2D eigenvalue weighted by Crippen LogP contribution is 2.29. The number of carbonyl (C=O) groups excluding carboxylic acids is 1. The van der Waals surface area contributed by atoms with Gasteiger partial charge in [0.1, 0.15) is 5.78 Å². The van der Waals surface area contributed by atoms with Crippen LogP contribution in [0.4, 0.5) is 0 Å². The summed E-state index contributed by atoms with van der Waals surface area (Å²) in [6, 6.07) is 10.1. The number of carbonyl (C=O) groups is 1. The lowest BCUT2D eigenvalue weighted by Gasteiger charge is -2.16. The summed E-state index contributed by atoms with van der Waals surface area (Å²) in [6.07, 6.45) is 2.11. The van der Waals surface area contributed by atoms with Gasteiger partial charge in [0, 0.05) is 23.3 Å². The quantitative estimate of drug-likeness (QED) is 0.677. The summed E-state index contributed by atoms with van der Waals surface area (Å²) >= 11 is 6.16. The Morgan fingerprint density at radius 2 is 1.94 bits per heavy atom. The van der Waals surface area contributed by atoms with Gasteiger partial charge in [-0.3, -0.25) is 4.79 Å². The maximum Gasteiger partial charge on any atom is 0.137 e. The fourth-order valence-corrected chi connectivity index (χ4v) is 2.59. The van der Waals surface area contributed by atoms with Gasteiger partial charge in [0.2, 0.25) is 0 Å². The van der Waals surface area contributed by atoms with E-state index in [1.165, 1.54) is 11.1 Å². The Morgan fingerprint density at radius 3 is 2.81 bits per heavy atom. The number of halogens is 1. The minimum Gasteiger partial charge on any atom is -0.299 e. The van der Waals surface area contributed by atoms with Gasteiger partial charge in [0.25, 0.3) is 0 Å². The highest BCUT2D eigenvalue weighted by atomic mass is 35.5. The Hall–Kier alpha value is -1.34. The average Bonchev–Trinajstić information content (AvgIpc) is 2.27. The molecule has 2 aromatic carbocycles. The molecule has 0 radical (unpaired) electrons. The fourth-order valence-electron chi connectivity index (χ4n) is 2.35. The molecule has 0 N–H and O–H groups in total. The van der Waals surface area contributed by atoms with E-state index in [4.69, 9.17) is 11.6 Å². The van der Waals surface area contributed by atoms with Crippen LogP contribution >= 0.6 is 11.6 Å². The van der Waals surface area contributed by atoms with Gasteiger partial charge in [-0.15, -0.1) is 0 Å². The molecule has 80 valence electrons. The molecule has 0 unspecified atom stereocenters. The van der Waals surface area contributed by atoms with Gasteiger partial charge in [-0.25, -0.2) is 0 Å². The molecule has 16 heavy (non-hydrogen) atoms. The third-order valence-electron chi connectivity index (χ3n) is 3.21. The van der Waals surface area contributed by atoms with E-state index in [1.54, 1.807) is 0 Å². The van der Waals surface area contributed by atoms with E-state index in [-0.39, 0.29) is 0 Å². The predicted octanol–water partition coefficient (Wildman–Crippen LogP) is 3.55. The van der Waals surface area contributed by atoms with Crippen molar-refractivity contribution in [3.05, 3.63) is 46.5 Å². The second-order valence-corrected chi connectivity index (χ2v) is 4.70. The molecule has 0 atom stereocenters. The van der Waals surface area contributed by atoms with Crippen molar-refractivity contribution in [2.75, 3.05) is 0 Å². The SMILES string of the molecule is O=C1CCc2cc3c(Cl)cccc3cc2C1. The maximum absolute atomic E-state index is 11.4. The van der Waals surface area contributed by atoms with E-state index >= 15 is 0 Å². The van der Waals surface area contributed by atoms with Crippen LogP contribution in [0, 0.1) is 0 Å². The molecule has 1 aliphatic carbocycles. The summed E-state index contributed by atoms with van der Waals surface area (Å²) < 4.78 is 0. The Morgan fingerprint density at radius 1 is 1.06 bits per heavy atom. The van der Waals surface area contributed by atoms with Crippen LogP contribution in [0.3, 0.4) is 0 Å². The number of benzene rings is 2. The van der Waals surface area contributed by atoms with Gasteiger partial charge in [-0.1, -0.05) is 29.8 Å². The molecule has 1 nitrogen and oxygen atoms in total. The minimum absolute atomic E-state index is 0.342. The third-order valence-corrected chi connectivity index (χ3v) is 3.54. The second-order valence-electron chi connectivity index (χ2n) is 4.30. The van der Waals surface area contributed by atoms with Crippen molar-refractivity contribution in [2.45, 2.75) is 19.3 Å². The van der Waals surface area contributed by atoms with E-state index in [0.29, 0.717) is 18.6 Å². The fraction of sp³-hybridized carbons (Fsp3) is 0.214. The Kier molecular flexibility index (Phi) is 2.22. The summed E-state index contributed by atoms with van der Waals surface area (Å²) in [5, 5.41) is 3.01. The first-order chi connectivity index (χ1) is 7.74. The van der Waals surface area contributed by atoms with Gasteiger partial charge in [-0.05, 0) is 35.1 Å². The third kappa shape index (κ3) is 1.52. The highest BCUT2D eigenvalue weighted by molar-refractivity contribution is 6.35. The van der Waals surface area contributed by atoms with Crippen molar-refractivity contribution in [2.24, 2.45) is 0 Å². The van der Waals surface area contributed by atoms with Crippen LogP contribution in [0.1, 0.15) is 17.5 Å². The van der Waals surface area contributed by atoms with Crippen LogP contribution < -0.4 is 0 Å². The van der Waals surface area contributed by atoms with Crippen molar-refractivity contribution >= 4 is 28.2 Å². The Bertz CT molecular complexity index is 587. The number of ketones is 1. The van der Waals surface area contributed by atoms with Crippen LogP contribution in [0.25, 0.3) is 10.8 Å². The van der Waals surface area contributed by atoms with Crippen LogP contribution in [0.2, 0.25) is 5.02 Å². The number of Topliss-reactive ketones (excluding diaryl/α,β-unsaturated/α-hetero) is 1. The van der Waals surface area contributed by atoms with Gasteiger partial charge in [-0.2, -0.15) is 0 Å². The summed E-state index contributed by atoms with van der Waals surface area (Å²) in [5.41, 5.74) is 2.45. The highest BCUT2D eigenvalue weighted by Gasteiger charge is 2.16. The van der Waals surface area contributed by atoms with E-state index < -0.39 is 0 Å². The molecule has 2 aromatic rings. The lowest BCUT2D eigenvalue weighted by molar-refractivity contribution is -0.118. The monoisotopic (exact) mass is 230 g/mol. The number of fused-ring (bicyclic) bond motifs is 2. The van der Waals surface area contributed by atoms with Gasteiger partial charge < -0.3 is 0 Å². The van der Waals surface area contributed by atoms with Crippen molar-refractivity contribution in [3.8, 4) is 0 Å². The Balaban J connectivity index is 2.27. The van der Waals surface area contributed by atoms with E-state index in [9.17, 15) is 4.79 Å². The molecule has 3 rings (SSSR count). The maximum atomic E-state index is 11.4. The first-order valence-corrected chi connectivity index (χ1v) is 5.83. The van der Waals surface area contributed by atoms with E-state index in [0.717, 1.165) is 22.2 Å². The molecule has 0 spiro atoms. The number of rotatable bonds is 0. The number of aryl methyl sites for hydroxylation is 1. The van der Waals surface area contributed by atoms with E-state index in [1.807, 2.05) is 18.2 Å². The zero-order valence-electron chi connectivity index (χ0n) is 8.79. The van der Waals surface area contributed by atoms with Crippen molar-refractivity contribution in [1.82, 2.24) is 0 Å². The topological polar surface area (TPSA) is 17.1 Å². The zero-order chi connectivity index (χ0) is 11.1. The van der Waals surface area contributed by atoms with E-state index in [2.05, 4.69) is 12.1 Å². The molecular weight excluding hydrogens is 220 g/mol. The molecule has 0 bridgehead atoms. The normalized spacial score (nSPS) is 15.2. The molecule has 0 fully saturated rings. The largest absolute Gasteiger partial charge is 0.299 e. The molecule has 2 heteroatoms. The second kappa shape index (κ2) is 3.60. The molecular formula is C14H11ClO. The lowest BCUT2D eigenvalue weighted by Crippen LogP contribution is -2.12. The first-order valence-electron chi connectivity index (χ1n) is 5.46. The van der Waals surface area contributed by atoms with Crippen molar-refractivity contribution in [3.63, 3.8) is 0 Å². The number of hydrogen-bond acceptors (Lipinski definition) is 1. The summed E-state index contributed by atoms with van der Waals surface area (Å²) in [4.78, 5) is 11.4. The van der Waals surface area contributed by atoms with Gasteiger partial charge >= 0.3 is 0 Å². The minimum atomic E-state index is 0.342. The summed E-state index contributed by atoms with van der Waals surface area (Å²) in [7, 11) is 0. The van der Waals surface area contributed by atoms with Crippen LogP contribution in [0.15, 0.2) is 30.3 Å². The lowest BCUT2D eigenvalue weighted by atomic mass is 9.88. The predicted molar refractivity (Wildman–Crippen MR) is 66.0 cm³/mol. The summed E-state index contributed by atoms with van der Waals surface area (Å²) in [6.45, 7) is 0. The average molecular weight is 231 g/mol. The smallest absolute Gasteiger partial charge is 0.137 e. The molecule has 1 aliphatic rings. The first kappa shape index (κ1) is 9.86.